The predicted octanol–water partition coefficient (Wildman–Crippen LogP) is 1.55. The van der Waals surface area contributed by atoms with Crippen LogP contribution in [0.1, 0.15) is 17.0 Å². The highest BCUT2D eigenvalue weighted by molar-refractivity contribution is 7.10. The lowest BCUT2D eigenvalue weighted by Crippen LogP contribution is -2.36. The van der Waals surface area contributed by atoms with Gasteiger partial charge in [-0.1, -0.05) is 6.07 Å². The Labute approximate surface area is 137 Å². The first-order valence-corrected chi connectivity index (χ1v) is 8.33. The number of hydrogen-bond acceptors (Lipinski definition) is 5. The summed E-state index contributed by atoms with van der Waals surface area (Å²) in [5.41, 5.74) is 0.536. The molecule has 3 rings (SSSR count). The SMILES string of the molecule is Cc1cc(=O)[nH]c(N2CCC(NC(=O)/C=C/c3cccs3)C2)n1. The largest absolute Gasteiger partial charge is 0.348 e. The van der Waals surface area contributed by atoms with E-state index >= 15 is 0 Å². The van der Waals surface area contributed by atoms with Gasteiger partial charge in [-0.05, 0) is 30.9 Å². The zero-order chi connectivity index (χ0) is 16.2. The van der Waals surface area contributed by atoms with Gasteiger partial charge in [0.15, 0.2) is 0 Å². The molecule has 0 aliphatic carbocycles. The Morgan fingerprint density at radius 2 is 2.43 bits per heavy atom. The molecule has 1 atom stereocenters. The van der Waals surface area contributed by atoms with Crippen molar-refractivity contribution in [2.24, 2.45) is 0 Å². The minimum Gasteiger partial charge on any atom is -0.348 e. The van der Waals surface area contributed by atoms with Crippen molar-refractivity contribution >= 4 is 29.3 Å². The average Bonchev–Trinajstić information content (AvgIpc) is 3.15. The molecule has 23 heavy (non-hydrogen) atoms. The molecule has 1 aliphatic heterocycles. The van der Waals surface area contributed by atoms with Crippen LogP contribution in [0.4, 0.5) is 5.95 Å². The first-order chi connectivity index (χ1) is 11.1. The summed E-state index contributed by atoms with van der Waals surface area (Å²) in [6.45, 7) is 3.19. The van der Waals surface area contributed by atoms with Crippen molar-refractivity contribution in [3.8, 4) is 0 Å². The van der Waals surface area contributed by atoms with Crippen molar-refractivity contribution in [2.45, 2.75) is 19.4 Å². The molecular weight excluding hydrogens is 312 g/mol. The first kappa shape index (κ1) is 15.5. The van der Waals surface area contributed by atoms with Gasteiger partial charge in [-0.2, -0.15) is 0 Å². The van der Waals surface area contributed by atoms with Crippen molar-refractivity contribution in [3.63, 3.8) is 0 Å². The van der Waals surface area contributed by atoms with Crippen LogP contribution in [0.15, 0.2) is 34.4 Å². The second-order valence-corrected chi connectivity index (χ2v) is 6.48. The van der Waals surface area contributed by atoms with Crippen LogP contribution in [-0.4, -0.2) is 35.0 Å². The topological polar surface area (TPSA) is 78.1 Å². The molecule has 7 heteroatoms. The number of aromatic amines is 1. The van der Waals surface area contributed by atoms with Gasteiger partial charge in [0, 0.05) is 41.8 Å². The van der Waals surface area contributed by atoms with Gasteiger partial charge in [-0.15, -0.1) is 11.3 Å². The van der Waals surface area contributed by atoms with Gasteiger partial charge in [0.25, 0.3) is 5.56 Å². The molecular formula is C16H18N4O2S. The standard InChI is InChI=1S/C16H18N4O2S/c1-11-9-15(22)19-16(17-11)20-7-6-12(10-20)18-14(21)5-4-13-3-2-8-23-13/h2-5,8-9,12H,6-7,10H2,1H3,(H,18,21)(H,17,19,22)/b5-4+. The fraction of sp³-hybridized carbons (Fsp3) is 0.312. The normalized spacial score (nSPS) is 17.8. The Balaban J connectivity index is 1.57. The summed E-state index contributed by atoms with van der Waals surface area (Å²) in [4.78, 5) is 33.6. The summed E-state index contributed by atoms with van der Waals surface area (Å²) in [7, 11) is 0. The molecule has 2 aromatic heterocycles. The van der Waals surface area contributed by atoms with Gasteiger partial charge in [0.1, 0.15) is 0 Å². The summed E-state index contributed by atoms with van der Waals surface area (Å²) in [6.07, 6.45) is 4.20. The van der Waals surface area contributed by atoms with E-state index in [-0.39, 0.29) is 17.5 Å². The Morgan fingerprint density at radius 1 is 1.57 bits per heavy atom. The van der Waals surface area contributed by atoms with Gasteiger partial charge >= 0.3 is 0 Å². The highest BCUT2D eigenvalue weighted by Gasteiger charge is 2.25. The van der Waals surface area contributed by atoms with Gasteiger partial charge in [0.05, 0.1) is 0 Å². The average molecular weight is 330 g/mol. The van der Waals surface area contributed by atoms with E-state index in [9.17, 15) is 9.59 Å². The summed E-state index contributed by atoms with van der Waals surface area (Å²) in [6, 6.07) is 5.44. The Bertz CT molecular complexity index is 767. The quantitative estimate of drug-likeness (QED) is 0.834. The lowest BCUT2D eigenvalue weighted by molar-refractivity contribution is -0.117. The number of nitrogens with one attached hydrogen (secondary N) is 2. The van der Waals surface area contributed by atoms with Crippen LogP contribution >= 0.6 is 11.3 Å². The maximum Gasteiger partial charge on any atom is 0.252 e. The fourth-order valence-corrected chi connectivity index (χ4v) is 3.19. The molecule has 2 aromatic rings. The molecule has 120 valence electrons. The molecule has 1 fully saturated rings. The molecule has 1 amide bonds. The van der Waals surface area contributed by atoms with Gasteiger partial charge < -0.3 is 10.2 Å². The zero-order valence-electron chi connectivity index (χ0n) is 12.8. The predicted molar refractivity (Wildman–Crippen MR) is 91.7 cm³/mol. The number of anilines is 1. The molecule has 1 aliphatic rings. The number of carbonyl (C=O) groups is 1. The zero-order valence-corrected chi connectivity index (χ0v) is 13.6. The van der Waals surface area contributed by atoms with E-state index in [2.05, 4.69) is 15.3 Å². The van der Waals surface area contributed by atoms with Crippen LogP contribution in [0.2, 0.25) is 0 Å². The maximum absolute atomic E-state index is 12.0. The molecule has 2 N–H and O–H groups in total. The van der Waals surface area contributed by atoms with Crippen LogP contribution in [0.5, 0.6) is 0 Å². The first-order valence-electron chi connectivity index (χ1n) is 7.45. The van der Waals surface area contributed by atoms with E-state index in [1.807, 2.05) is 28.5 Å². The molecule has 3 heterocycles. The Morgan fingerprint density at radius 3 is 3.17 bits per heavy atom. The van der Waals surface area contributed by atoms with Crippen molar-refractivity contribution in [1.29, 1.82) is 0 Å². The van der Waals surface area contributed by atoms with Gasteiger partial charge in [0.2, 0.25) is 11.9 Å². The lowest BCUT2D eigenvalue weighted by Gasteiger charge is -2.17. The Kier molecular flexibility index (Phi) is 4.57. The minimum atomic E-state index is -0.154. The van der Waals surface area contributed by atoms with Crippen LogP contribution in [-0.2, 0) is 4.79 Å². The number of aryl methyl sites for hydroxylation is 1. The number of rotatable bonds is 4. The molecule has 0 spiro atoms. The number of aromatic nitrogens is 2. The molecule has 0 aromatic carbocycles. The van der Waals surface area contributed by atoms with E-state index in [1.165, 1.54) is 6.07 Å². The third-order valence-electron chi connectivity index (χ3n) is 3.63. The molecule has 6 nitrogen and oxygen atoms in total. The van der Waals surface area contributed by atoms with Crippen LogP contribution in [0, 0.1) is 6.92 Å². The summed E-state index contributed by atoms with van der Waals surface area (Å²) < 4.78 is 0. The van der Waals surface area contributed by atoms with Crippen LogP contribution in [0.3, 0.4) is 0 Å². The maximum atomic E-state index is 12.0. The van der Waals surface area contributed by atoms with E-state index in [1.54, 1.807) is 24.3 Å². The van der Waals surface area contributed by atoms with Crippen molar-refractivity contribution < 1.29 is 4.79 Å². The molecule has 0 bridgehead atoms. The summed E-state index contributed by atoms with van der Waals surface area (Å²) >= 11 is 1.59. The van der Waals surface area contributed by atoms with Crippen LogP contribution in [0.25, 0.3) is 6.08 Å². The molecule has 1 unspecified atom stereocenters. The molecule has 0 saturated carbocycles. The van der Waals surface area contributed by atoms with Crippen LogP contribution < -0.4 is 15.8 Å². The highest BCUT2D eigenvalue weighted by atomic mass is 32.1. The number of H-pyrrole nitrogens is 1. The third kappa shape index (κ3) is 4.07. The highest BCUT2D eigenvalue weighted by Crippen LogP contribution is 2.15. The number of thiophene rings is 1. The van der Waals surface area contributed by atoms with E-state index in [0.717, 1.165) is 17.8 Å². The number of carbonyl (C=O) groups excluding carboxylic acids is 1. The Hall–Kier alpha value is -2.41. The van der Waals surface area contributed by atoms with E-state index < -0.39 is 0 Å². The second-order valence-electron chi connectivity index (χ2n) is 5.50. The monoisotopic (exact) mass is 330 g/mol. The van der Waals surface area contributed by atoms with Crippen molar-refractivity contribution in [3.05, 3.63) is 50.6 Å². The lowest BCUT2D eigenvalue weighted by atomic mass is 10.2. The third-order valence-corrected chi connectivity index (χ3v) is 4.47. The summed E-state index contributed by atoms with van der Waals surface area (Å²) in [5.74, 6) is 0.469. The minimum absolute atomic E-state index is 0.0568. The smallest absolute Gasteiger partial charge is 0.252 e. The van der Waals surface area contributed by atoms with Gasteiger partial charge in [-0.3, -0.25) is 14.6 Å². The van der Waals surface area contributed by atoms with Crippen molar-refractivity contribution in [2.75, 3.05) is 18.0 Å². The number of nitrogens with zero attached hydrogens (tertiary/aromatic N) is 2. The van der Waals surface area contributed by atoms with E-state index in [0.29, 0.717) is 18.2 Å². The summed E-state index contributed by atoms with van der Waals surface area (Å²) in [5, 5.41) is 4.96. The molecule has 1 saturated heterocycles. The van der Waals surface area contributed by atoms with Gasteiger partial charge in [-0.25, -0.2) is 4.98 Å². The van der Waals surface area contributed by atoms with E-state index in [4.69, 9.17) is 0 Å². The van der Waals surface area contributed by atoms with Crippen molar-refractivity contribution in [1.82, 2.24) is 15.3 Å². The number of hydrogen-bond donors (Lipinski definition) is 2. The second kappa shape index (κ2) is 6.78. The number of amides is 1. The molecule has 0 radical (unpaired) electrons. The fourth-order valence-electron chi connectivity index (χ4n) is 2.58.